The maximum absolute atomic E-state index is 13.5. The number of rotatable bonds is 6. The van der Waals surface area contributed by atoms with Gasteiger partial charge in [0.25, 0.3) is 5.56 Å². The summed E-state index contributed by atoms with van der Waals surface area (Å²) in [4.78, 5) is 34.1. The molecule has 10 heteroatoms. The number of aromatic nitrogens is 5. The third kappa shape index (κ3) is 4.14. The monoisotopic (exact) mass is 476 g/mol. The lowest BCUT2D eigenvalue weighted by atomic mass is 10.2. The fourth-order valence-electron chi connectivity index (χ4n) is 3.49. The maximum Gasteiger partial charge on any atom is 0.283 e. The number of nitrogens with one attached hydrogen (secondary N) is 2. The van der Waals surface area contributed by atoms with Gasteiger partial charge in [-0.1, -0.05) is 65.9 Å². The summed E-state index contributed by atoms with van der Waals surface area (Å²) in [5, 5.41) is 13.4. The molecule has 0 radical (unpaired) electrons. The van der Waals surface area contributed by atoms with Crippen LogP contribution in [0.25, 0.3) is 27.6 Å². The summed E-state index contributed by atoms with van der Waals surface area (Å²) in [5.41, 5.74) is 3.45. The van der Waals surface area contributed by atoms with E-state index in [4.69, 9.17) is 4.98 Å². The molecule has 0 unspecified atom stereocenters. The maximum atomic E-state index is 13.5. The summed E-state index contributed by atoms with van der Waals surface area (Å²) in [6.07, 6.45) is 0.764. The van der Waals surface area contributed by atoms with Crippen LogP contribution in [0.15, 0.2) is 58.5 Å². The number of thioether (sulfide) groups is 1. The first-order chi connectivity index (χ1) is 16.0. The van der Waals surface area contributed by atoms with E-state index in [1.54, 1.807) is 4.57 Å². The first kappa shape index (κ1) is 21.4. The van der Waals surface area contributed by atoms with E-state index in [2.05, 4.69) is 20.5 Å². The summed E-state index contributed by atoms with van der Waals surface area (Å²) in [6.45, 7) is 3.97. The molecule has 33 heavy (non-hydrogen) atoms. The number of anilines is 1. The third-order valence-electron chi connectivity index (χ3n) is 5.13. The molecule has 3 aromatic heterocycles. The van der Waals surface area contributed by atoms with Crippen molar-refractivity contribution < 1.29 is 4.79 Å². The minimum absolute atomic E-state index is 0.0766. The fraction of sp³-hybridized carbons (Fsp3) is 0.174. The van der Waals surface area contributed by atoms with E-state index < -0.39 is 0 Å². The van der Waals surface area contributed by atoms with Crippen molar-refractivity contribution in [2.75, 3.05) is 11.1 Å². The molecule has 0 aliphatic carbocycles. The number of carbonyl (C=O) groups excluding carboxylic acids is 1. The van der Waals surface area contributed by atoms with Crippen LogP contribution in [0, 0.1) is 6.92 Å². The summed E-state index contributed by atoms with van der Waals surface area (Å²) in [5.74, 6) is -0.157. The molecular formula is C23H20N6O2S2. The summed E-state index contributed by atoms with van der Waals surface area (Å²) in [7, 11) is 0. The van der Waals surface area contributed by atoms with Gasteiger partial charge in [-0.25, -0.2) is 4.98 Å². The first-order valence-corrected chi connectivity index (χ1v) is 12.2. The molecule has 5 aromatic rings. The molecule has 3 heterocycles. The average Bonchev–Trinajstić information content (AvgIpc) is 3.43. The van der Waals surface area contributed by atoms with Gasteiger partial charge in [-0.05, 0) is 31.5 Å². The van der Waals surface area contributed by atoms with Crippen LogP contribution in [0.3, 0.4) is 0 Å². The predicted octanol–water partition coefficient (Wildman–Crippen LogP) is 4.32. The van der Waals surface area contributed by atoms with Crippen LogP contribution >= 0.6 is 23.1 Å². The predicted molar refractivity (Wildman–Crippen MR) is 133 cm³/mol. The van der Waals surface area contributed by atoms with Gasteiger partial charge >= 0.3 is 0 Å². The fourth-order valence-corrected chi connectivity index (χ4v) is 4.99. The second-order valence-corrected chi connectivity index (χ2v) is 9.46. The van der Waals surface area contributed by atoms with Gasteiger partial charge in [0.05, 0.1) is 11.4 Å². The van der Waals surface area contributed by atoms with Crippen LogP contribution in [-0.2, 0) is 11.2 Å². The topological polar surface area (TPSA) is 106 Å². The molecule has 1 amide bonds. The van der Waals surface area contributed by atoms with Gasteiger partial charge in [0.2, 0.25) is 11.0 Å². The highest BCUT2D eigenvalue weighted by molar-refractivity contribution is 7.99. The largest absolute Gasteiger partial charge is 0.349 e. The standard InChI is InChI=1S/C23H20N6O2S2/c1-3-18-27-28-22(33-18)25-17(30)12-32-23-26-19-15-6-4-5-7-16(15)24-20(19)21(31)29(23)14-10-8-13(2)9-11-14/h4-11,24H,3,12H2,1-2H3,(H,25,28,30). The van der Waals surface area contributed by atoms with Gasteiger partial charge in [0, 0.05) is 10.9 Å². The lowest BCUT2D eigenvalue weighted by Crippen LogP contribution is -2.23. The number of H-pyrrole nitrogens is 1. The number of amides is 1. The molecule has 0 atom stereocenters. The van der Waals surface area contributed by atoms with Crippen LogP contribution < -0.4 is 10.9 Å². The van der Waals surface area contributed by atoms with Crippen molar-refractivity contribution in [3.05, 3.63) is 69.5 Å². The van der Waals surface area contributed by atoms with E-state index in [1.807, 2.05) is 62.4 Å². The van der Waals surface area contributed by atoms with Crippen LogP contribution in [0.5, 0.6) is 0 Å². The molecule has 166 valence electrons. The zero-order valence-corrected chi connectivity index (χ0v) is 19.6. The van der Waals surface area contributed by atoms with E-state index in [9.17, 15) is 9.59 Å². The van der Waals surface area contributed by atoms with Gasteiger partial charge in [-0.3, -0.25) is 19.5 Å². The normalized spacial score (nSPS) is 11.3. The molecule has 0 aliphatic rings. The van der Waals surface area contributed by atoms with E-state index >= 15 is 0 Å². The van der Waals surface area contributed by atoms with Gasteiger partial charge in [-0.2, -0.15) is 0 Å². The molecule has 0 saturated carbocycles. The third-order valence-corrected chi connectivity index (χ3v) is 7.06. The van der Waals surface area contributed by atoms with Crippen LogP contribution in [0.4, 0.5) is 5.13 Å². The molecule has 0 fully saturated rings. The molecule has 8 nitrogen and oxygen atoms in total. The van der Waals surface area contributed by atoms with Crippen molar-refractivity contribution in [3.63, 3.8) is 0 Å². The Hall–Kier alpha value is -3.50. The van der Waals surface area contributed by atoms with Crippen LogP contribution in [-0.4, -0.2) is 36.4 Å². The first-order valence-electron chi connectivity index (χ1n) is 10.4. The number of hydrogen-bond acceptors (Lipinski definition) is 7. The molecule has 2 N–H and O–H groups in total. The zero-order chi connectivity index (χ0) is 22.9. The molecule has 5 rings (SSSR count). The number of nitrogens with zero attached hydrogens (tertiary/aromatic N) is 4. The number of aryl methyl sites for hydroxylation is 2. The smallest absolute Gasteiger partial charge is 0.283 e. The van der Waals surface area contributed by atoms with Gasteiger partial charge in [-0.15, -0.1) is 10.2 Å². The van der Waals surface area contributed by atoms with Gasteiger partial charge in [0.15, 0.2) is 5.16 Å². The summed E-state index contributed by atoms with van der Waals surface area (Å²) in [6, 6.07) is 15.3. The van der Waals surface area contributed by atoms with Crippen molar-refractivity contribution in [3.8, 4) is 5.69 Å². The molecular weight excluding hydrogens is 456 g/mol. The Kier molecular flexibility index (Phi) is 5.69. The van der Waals surface area contributed by atoms with Crippen molar-refractivity contribution in [1.29, 1.82) is 0 Å². The average molecular weight is 477 g/mol. The van der Waals surface area contributed by atoms with E-state index in [0.29, 0.717) is 27.0 Å². The Morgan fingerprint density at radius 1 is 1.15 bits per heavy atom. The second kappa shape index (κ2) is 8.80. The molecule has 0 saturated heterocycles. The number of aromatic amines is 1. The molecule has 0 bridgehead atoms. The Balaban J connectivity index is 1.54. The Morgan fingerprint density at radius 2 is 1.94 bits per heavy atom. The summed E-state index contributed by atoms with van der Waals surface area (Å²) >= 11 is 2.56. The molecule has 0 spiro atoms. The Bertz CT molecular complexity index is 1530. The van der Waals surface area contributed by atoms with E-state index in [-0.39, 0.29) is 17.2 Å². The van der Waals surface area contributed by atoms with Crippen molar-refractivity contribution in [2.24, 2.45) is 0 Å². The van der Waals surface area contributed by atoms with Crippen LogP contribution in [0.1, 0.15) is 17.5 Å². The van der Waals surface area contributed by atoms with Crippen molar-refractivity contribution in [1.82, 2.24) is 24.7 Å². The van der Waals surface area contributed by atoms with Crippen molar-refractivity contribution >= 4 is 56.1 Å². The molecule has 0 aliphatic heterocycles. The number of para-hydroxylation sites is 1. The number of carbonyl (C=O) groups is 1. The Labute approximate surface area is 197 Å². The van der Waals surface area contributed by atoms with Gasteiger partial charge in [0.1, 0.15) is 16.0 Å². The summed E-state index contributed by atoms with van der Waals surface area (Å²) < 4.78 is 1.55. The zero-order valence-electron chi connectivity index (χ0n) is 18.0. The number of benzene rings is 2. The second-order valence-electron chi connectivity index (χ2n) is 7.46. The minimum atomic E-state index is -0.234. The SMILES string of the molecule is CCc1nnc(NC(=O)CSc2nc3c([nH]c4ccccc43)c(=O)n2-c2ccc(C)cc2)s1. The van der Waals surface area contributed by atoms with E-state index in [0.717, 1.165) is 27.9 Å². The lowest BCUT2D eigenvalue weighted by molar-refractivity contribution is -0.113. The quantitative estimate of drug-likeness (QED) is 0.279. The highest BCUT2D eigenvalue weighted by atomic mass is 32.2. The van der Waals surface area contributed by atoms with Crippen LogP contribution in [0.2, 0.25) is 0 Å². The Morgan fingerprint density at radius 3 is 2.70 bits per heavy atom. The highest BCUT2D eigenvalue weighted by Gasteiger charge is 2.18. The lowest BCUT2D eigenvalue weighted by Gasteiger charge is -2.12. The van der Waals surface area contributed by atoms with Crippen molar-refractivity contribution in [2.45, 2.75) is 25.4 Å². The van der Waals surface area contributed by atoms with Gasteiger partial charge < -0.3 is 4.98 Å². The number of fused-ring (bicyclic) bond motifs is 3. The minimum Gasteiger partial charge on any atom is -0.349 e. The number of hydrogen-bond donors (Lipinski definition) is 2. The molecule has 2 aromatic carbocycles. The van der Waals surface area contributed by atoms with E-state index in [1.165, 1.54) is 23.1 Å². The highest BCUT2D eigenvalue weighted by Crippen LogP contribution is 2.26.